The molecule has 0 fully saturated rings. The van der Waals surface area contributed by atoms with Crippen molar-refractivity contribution >= 4 is 28.4 Å². The second kappa shape index (κ2) is 6.43. The molecule has 1 aromatic heterocycles. The Hall–Kier alpha value is -2.01. The number of benzene rings is 1. The van der Waals surface area contributed by atoms with Gasteiger partial charge in [-0.2, -0.15) is 4.98 Å². The molecule has 0 saturated carbocycles. The van der Waals surface area contributed by atoms with E-state index in [1.54, 1.807) is 0 Å². The number of anilines is 1. The number of aromatic nitrogens is 2. The number of hydrogen-bond acceptors (Lipinski definition) is 5. The smallest absolute Gasteiger partial charge is 0.222 e. The van der Waals surface area contributed by atoms with Crippen LogP contribution in [-0.4, -0.2) is 27.4 Å². The molecule has 2 rings (SSSR count). The fourth-order valence-corrected chi connectivity index (χ4v) is 2.13. The number of aliphatic hydroxyl groups is 1. The third-order valence-corrected chi connectivity index (χ3v) is 3.20. The standard InChI is InChI=1S/C15H20N4O/c1-3-4-7-11(9-20)17-14-13-10(2)6-5-8-12(13)18-15(16)19-14/h5-6,8,20H,3-4,7,9H2,1-2H3,(H2,16,18,19). The van der Waals surface area contributed by atoms with E-state index in [0.717, 1.165) is 41.4 Å². The summed E-state index contributed by atoms with van der Waals surface area (Å²) in [5.41, 5.74) is 8.30. The topological polar surface area (TPSA) is 84.4 Å². The first kappa shape index (κ1) is 14.4. The monoisotopic (exact) mass is 272 g/mol. The van der Waals surface area contributed by atoms with Crippen molar-refractivity contribution in [3.63, 3.8) is 0 Å². The quantitative estimate of drug-likeness (QED) is 0.820. The third-order valence-electron chi connectivity index (χ3n) is 3.20. The maximum absolute atomic E-state index is 9.42. The normalized spacial score (nSPS) is 12.1. The molecule has 106 valence electrons. The van der Waals surface area contributed by atoms with Crippen molar-refractivity contribution in [2.24, 2.45) is 4.99 Å². The Morgan fingerprint density at radius 1 is 1.35 bits per heavy atom. The first-order chi connectivity index (χ1) is 9.65. The molecule has 0 aliphatic rings. The number of aryl methyl sites for hydroxylation is 1. The Labute approximate surface area is 118 Å². The largest absolute Gasteiger partial charge is 0.390 e. The summed E-state index contributed by atoms with van der Waals surface area (Å²) in [6, 6.07) is 5.82. The van der Waals surface area contributed by atoms with Crippen LogP contribution in [0.3, 0.4) is 0 Å². The Balaban J connectivity index is 2.55. The fourth-order valence-electron chi connectivity index (χ4n) is 2.13. The number of nitrogens with zero attached hydrogens (tertiary/aromatic N) is 3. The van der Waals surface area contributed by atoms with Gasteiger partial charge >= 0.3 is 0 Å². The van der Waals surface area contributed by atoms with Crippen LogP contribution in [0.15, 0.2) is 23.2 Å². The summed E-state index contributed by atoms with van der Waals surface area (Å²) >= 11 is 0. The minimum atomic E-state index is -0.0583. The fraction of sp³-hybridized carbons (Fsp3) is 0.400. The van der Waals surface area contributed by atoms with Crippen molar-refractivity contribution in [1.29, 1.82) is 0 Å². The number of nitrogens with two attached hydrogens (primary N) is 1. The summed E-state index contributed by atoms with van der Waals surface area (Å²) in [7, 11) is 0. The minimum absolute atomic E-state index is 0.0583. The Morgan fingerprint density at radius 3 is 2.85 bits per heavy atom. The summed E-state index contributed by atoms with van der Waals surface area (Å²) < 4.78 is 0. The van der Waals surface area contributed by atoms with Gasteiger partial charge in [0.05, 0.1) is 12.1 Å². The molecule has 1 heterocycles. The van der Waals surface area contributed by atoms with Crippen molar-refractivity contribution in [1.82, 2.24) is 9.97 Å². The van der Waals surface area contributed by atoms with Crippen molar-refractivity contribution in [3.8, 4) is 0 Å². The van der Waals surface area contributed by atoms with Crippen LogP contribution in [0.1, 0.15) is 31.7 Å². The molecule has 0 saturated heterocycles. The van der Waals surface area contributed by atoms with E-state index in [4.69, 9.17) is 5.73 Å². The minimum Gasteiger partial charge on any atom is -0.390 e. The summed E-state index contributed by atoms with van der Waals surface area (Å²) in [6.45, 7) is 4.04. The molecule has 5 heteroatoms. The van der Waals surface area contributed by atoms with Gasteiger partial charge in [-0.05, 0) is 31.4 Å². The molecule has 3 N–H and O–H groups in total. The van der Waals surface area contributed by atoms with E-state index < -0.39 is 0 Å². The van der Waals surface area contributed by atoms with Gasteiger partial charge < -0.3 is 10.8 Å². The average Bonchev–Trinajstić information content (AvgIpc) is 2.42. The van der Waals surface area contributed by atoms with Crippen LogP contribution in [0.25, 0.3) is 10.9 Å². The van der Waals surface area contributed by atoms with E-state index in [-0.39, 0.29) is 12.6 Å². The number of aliphatic hydroxyl groups excluding tert-OH is 1. The van der Waals surface area contributed by atoms with Crippen molar-refractivity contribution in [3.05, 3.63) is 23.8 Å². The van der Waals surface area contributed by atoms with Crippen LogP contribution in [0.2, 0.25) is 0 Å². The first-order valence-electron chi connectivity index (χ1n) is 6.85. The Bertz CT molecular complexity index is 637. The van der Waals surface area contributed by atoms with E-state index in [2.05, 4.69) is 21.9 Å². The van der Waals surface area contributed by atoms with Gasteiger partial charge in [0.15, 0.2) is 5.82 Å². The predicted octanol–water partition coefficient (Wildman–Crippen LogP) is 2.78. The number of unbranched alkanes of at least 4 members (excludes halogenated alkanes) is 1. The van der Waals surface area contributed by atoms with E-state index >= 15 is 0 Å². The van der Waals surface area contributed by atoms with Crippen LogP contribution >= 0.6 is 0 Å². The SMILES string of the molecule is CCCCC(CO)=Nc1nc(N)nc2cccc(C)c12. The van der Waals surface area contributed by atoms with Gasteiger partial charge in [0.25, 0.3) is 0 Å². The molecule has 0 amide bonds. The lowest BCUT2D eigenvalue weighted by Gasteiger charge is -2.07. The molecule has 2 aromatic rings. The highest BCUT2D eigenvalue weighted by molar-refractivity contribution is 5.96. The molecule has 0 spiro atoms. The molecule has 0 atom stereocenters. The lowest BCUT2D eigenvalue weighted by atomic mass is 10.1. The van der Waals surface area contributed by atoms with Gasteiger partial charge in [0.2, 0.25) is 5.95 Å². The first-order valence-corrected chi connectivity index (χ1v) is 6.85. The number of nitrogen functional groups attached to an aromatic ring is 1. The lowest BCUT2D eigenvalue weighted by molar-refractivity contribution is 0.354. The van der Waals surface area contributed by atoms with Gasteiger partial charge in [-0.25, -0.2) is 9.98 Å². The summed E-state index contributed by atoms with van der Waals surface area (Å²) in [6.07, 6.45) is 2.83. The number of fused-ring (bicyclic) bond motifs is 1. The average molecular weight is 272 g/mol. The van der Waals surface area contributed by atoms with Crippen LogP contribution in [0, 0.1) is 6.92 Å². The van der Waals surface area contributed by atoms with Crippen LogP contribution in [-0.2, 0) is 0 Å². The van der Waals surface area contributed by atoms with Crippen molar-refractivity contribution in [2.45, 2.75) is 33.1 Å². The lowest BCUT2D eigenvalue weighted by Crippen LogP contribution is -2.05. The van der Waals surface area contributed by atoms with Gasteiger partial charge in [0.1, 0.15) is 0 Å². The van der Waals surface area contributed by atoms with Crippen LogP contribution in [0.4, 0.5) is 11.8 Å². The second-order valence-electron chi connectivity index (χ2n) is 4.81. The maximum atomic E-state index is 9.42. The summed E-state index contributed by atoms with van der Waals surface area (Å²) in [5.74, 6) is 0.750. The molecular weight excluding hydrogens is 252 g/mol. The highest BCUT2D eigenvalue weighted by atomic mass is 16.3. The predicted molar refractivity (Wildman–Crippen MR) is 82.4 cm³/mol. The van der Waals surface area contributed by atoms with E-state index in [1.165, 1.54) is 0 Å². The summed E-state index contributed by atoms with van der Waals surface area (Å²) in [4.78, 5) is 13.0. The van der Waals surface area contributed by atoms with Crippen LogP contribution < -0.4 is 5.73 Å². The van der Waals surface area contributed by atoms with Gasteiger partial charge in [0, 0.05) is 11.1 Å². The number of aliphatic imine (C=N–C) groups is 1. The van der Waals surface area contributed by atoms with Crippen LogP contribution in [0.5, 0.6) is 0 Å². The highest BCUT2D eigenvalue weighted by Gasteiger charge is 2.09. The van der Waals surface area contributed by atoms with E-state index in [9.17, 15) is 5.11 Å². The van der Waals surface area contributed by atoms with Gasteiger partial charge in [-0.1, -0.05) is 25.5 Å². The molecule has 0 aliphatic heterocycles. The third kappa shape index (κ3) is 3.11. The Kier molecular flexibility index (Phi) is 4.63. The summed E-state index contributed by atoms with van der Waals surface area (Å²) in [5, 5.41) is 10.3. The second-order valence-corrected chi connectivity index (χ2v) is 4.81. The maximum Gasteiger partial charge on any atom is 0.222 e. The van der Waals surface area contributed by atoms with E-state index in [1.807, 2.05) is 25.1 Å². The van der Waals surface area contributed by atoms with Crippen molar-refractivity contribution in [2.75, 3.05) is 12.3 Å². The highest BCUT2D eigenvalue weighted by Crippen LogP contribution is 2.27. The molecule has 0 aliphatic carbocycles. The molecule has 0 bridgehead atoms. The number of rotatable bonds is 5. The zero-order chi connectivity index (χ0) is 14.5. The molecule has 20 heavy (non-hydrogen) atoms. The number of hydrogen-bond donors (Lipinski definition) is 2. The van der Waals surface area contributed by atoms with Gasteiger partial charge in [-0.15, -0.1) is 0 Å². The molecule has 5 nitrogen and oxygen atoms in total. The van der Waals surface area contributed by atoms with Gasteiger partial charge in [-0.3, -0.25) is 0 Å². The zero-order valence-electron chi connectivity index (χ0n) is 11.9. The molecule has 1 aromatic carbocycles. The van der Waals surface area contributed by atoms with E-state index in [0.29, 0.717) is 5.82 Å². The molecule has 0 radical (unpaired) electrons. The van der Waals surface area contributed by atoms with Crippen molar-refractivity contribution < 1.29 is 5.11 Å². The molecule has 0 unspecified atom stereocenters. The molecular formula is C15H20N4O. The Morgan fingerprint density at radius 2 is 2.15 bits per heavy atom. The zero-order valence-corrected chi connectivity index (χ0v) is 11.9.